The van der Waals surface area contributed by atoms with Gasteiger partial charge in [0.1, 0.15) is 12.4 Å². The number of aryl methyl sites for hydroxylation is 1. The van der Waals surface area contributed by atoms with Crippen LogP contribution in [0, 0.1) is 6.92 Å². The van der Waals surface area contributed by atoms with Crippen molar-refractivity contribution < 1.29 is 13.7 Å². The molecule has 0 heterocycles. The molecule has 8 heteroatoms. The van der Waals surface area contributed by atoms with Crippen molar-refractivity contribution in [2.45, 2.75) is 52.8 Å². The maximum absolute atomic E-state index is 12.2. The molecule has 0 saturated carbocycles. The maximum atomic E-state index is 12.2. The Balaban J connectivity index is 0.00000784. The molecule has 1 unspecified atom stereocenters. The Morgan fingerprint density at radius 3 is 2.52 bits per heavy atom. The Morgan fingerprint density at radius 1 is 1.17 bits per heavy atom. The number of rotatable bonds is 11. The normalized spacial score (nSPS) is 12.8. The topological polar surface area (TPSA) is 72.0 Å². The average Bonchev–Trinajstić information content (AvgIpc) is 2.63. The molecule has 2 N–H and O–H groups in total. The Kier molecular flexibility index (Phi) is 14.6. The smallest absolute Gasteiger partial charge is 0.191 e. The molecule has 1 aromatic rings. The molecule has 0 amide bonds. The minimum absolute atomic E-state index is 0. The molecule has 0 saturated heterocycles. The average molecular weight is 540 g/mol. The highest BCUT2D eigenvalue weighted by atomic mass is 127. The molecule has 0 aliphatic rings. The predicted octanol–water partition coefficient (Wildman–Crippen LogP) is 3.63. The van der Waals surface area contributed by atoms with Crippen molar-refractivity contribution in [2.75, 3.05) is 38.7 Å². The molecular formula is C21H38IN3O3S. The number of ether oxygens (including phenoxy) is 2. The molecule has 0 aromatic heterocycles. The van der Waals surface area contributed by atoms with Gasteiger partial charge in [0, 0.05) is 46.6 Å². The molecule has 0 radical (unpaired) electrons. The number of benzene rings is 1. The van der Waals surface area contributed by atoms with Crippen LogP contribution in [0.4, 0.5) is 0 Å². The summed E-state index contributed by atoms with van der Waals surface area (Å²) in [5.41, 5.74) is 2.17. The molecule has 0 aliphatic heterocycles. The summed E-state index contributed by atoms with van der Waals surface area (Å²) in [6.45, 7) is 15.7. The van der Waals surface area contributed by atoms with Gasteiger partial charge in [-0.1, -0.05) is 12.1 Å². The van der Waals surface area contributed by atoms with E-state index in [0.717, 1.165) is 23.4 Å². The fraction of sp³-hybridized carbons (Fsp3) is 0.667. The van der Waals surface area contributed by atoms with Crippen molar-refractivity contribution in [3.05, 3.63) is 29.3 Å². The molecule has 0 spiro atoms. The van der Waals surface area contributed by atoms with Gasteiger partial charge in [-0.15, -0.1) is 24.0 Å². The zero-order chi connectivity index (χ0) is 21.0. The van der Waals surface area contributed by atoms with Gasteiger partial charge in [0.2, 0.25) is 0 Å². The zero-order valence-corrected chi connectivity index (χ0v) is 21.8. The first-order valence-electron chi connectivity index (χ1n) is 9.98. The van der Waals surface area contributed by atoms with Gasteiger partial charge in [0.05, 0.1) is 13.2 Å². The van der Waals surface area contributed by atoms with E-state index < -0.39 is 10.8 Å². The zero-order valence-electron chi connectivity index (χ0n) is 18.7. The first-order valence-corrected chi connectivity index (χ1v) is 11.3. The van der Waals surface area contributed by atoms with Crippen molar-refractivity contribution >= 4 is 40.7 Å². The highest BCUT2D eigenvalue weighted by Gasteiger charge is 2.18. The lowest BCUT2D eigenvalue weighted by molar-refractivity contribution is 0.110. The van der Waals surface area contributed by atoms with Crippen molar-refractivity contribution in [1.29, 1.82) is 0 Å². The van der Waals surface area contributed by atoms with Gasteiger partial charge in [-0.2, -0.15) is 0 Å². The minimum Gasteiger partial charge on any atom is -0.491 e. The summed E-state index contributed by atoms with van der Waals surface area (Å²) < 4.78 is 23.2. The Bertz CT molecular complexity index is 649. The Labute approximate surface area is 196 Å². The predicted molar refractivity (Wildman–Crippen MR) is 134 cm³/mol. The van der Waals surface area contributed by atoms with Crippen LogP contribution in [-0.2, 0) is 22.1 Å². The van der Waals surface area contributed by atoms with Crippen molar-refractivity contribution in [3.8, 4) is 5.75 Å². The molecule has 168 valence electrons. The van der Waals surface area contributed by atoms with Crippen molar-refractivity contribution in [1.82, 2.24) is 10.6 Å². The van der Waals surface area contributed by atoms with E-state index in [1.165, 1.54) is 0 Å². The van der Waals surface area contributed by atoms with Crippen LogP contribution in [0.25, 0.3) is 0 Å². The highest BCUT2D eigenvalue weighted by Crippen LogP contribution is 2.21. The van der Waals surface area contributed by atoms with E-state index in [9.17, 15) is 4.21 Å². The van der Waals surface area contributed by atoms with E-state index in [1.807, 2.05) is 53.7 Å². The van der Waals surface area contributed by atoms with Gasteiger partial charge in [-0.3, -0.25) is 4.21 Å². The van der Waals surface area contributed by atoms with Crippen LogP contribution in [0.5, 0.6) is 5.75 Å². The van der Waals surface area contributed by atoms with Crippen LogP contribution in [0.1, 0.15) is 45.7 Å². The number of guanidine groups is 1. The van der Waals surface area contributed by atoms with Gasteiger partial charge in [-0.25, -0.2) is 4.99 Å². The molecule has 1 atom stereocenters. The van der Waals surface area contributed by atoms with E-state index in [0.29, 0.717) is 44.6 Å². The fourth-order valence-electron chi connectivity index (χ4n) is 2.36. The second kappa shape index (κ2) is 15.0. The molecule has 0 aliphatic carbocycles. The van der Waals surface area contributed by atoms with Crippen LogP contribution in [0.2, 0.25) is 0 Å². The minimum atomic E-state index is -0.887. The van der Waals surface area contributed by atoms with Gasteiger partial charge in [0.25, 0.3) is 0 Å². The van der Waals surface area contributed by atoms with Crippen LogP contribution in [0.15, 0.2) is 23.2 Å². The molecule has 0 fully saturated rings. The molecule has 1 rings (SSSR count). The first kappa shape index (κ1) is 28.1. The third-order valence-corrected chi connectivity index (χ3v) is 5.87. The second-order valence-electron chi connectivity index (χ2n) is 7.44. The summed E-state index contributed by atoms with van der Waals surface area (Å²) in [5.74, 6) is 2.15. The fourth-order valence-corrected chi connectivity index (χ4v) is 3.26. The van der Waals surface area contributed by atoms with Crippen LogP contribution in [0.3, 0.4) is 0 Å². The summed E-state index contributed by atoms with van der Waals surface area (Å²) in [5, 5.41) is 6.50. The third kappa shape index (κ3) is 11.8. The molecular weight excluding hydrogens is 501 g/mol. The van der Waals surface area contributed by atoms with E-state index in [2.05, 4.69) is 21.7 Å². The lowest BCUT2D eigenvalue weighted by Gasteiger charge is -2.18. The van der Waals surface area contributed by atoms with Crippen LogP contribution >= 0.6 is 24.0 Å². The van der Waals surface area contributed by atoms with Crippen LogP contribution < -0.4 is 15.4 Å². The van der Waals surface area contributed by atoms with Gasteiger partial charge in [0.15, 0.2) is 5.96 Å². The van der Waals surface area contributed by atoms with Gasteiger partial charge >= 0.3 is 0 Å². The summed E-state index contributed by atoms with van der Waals surface area (Å²) in [6.07, 6.45) is 0. The van der Waals surface area contributed by atoms with E-state index >= 15 is 0 Å². The lowest BCUT2D eigenvalue weighted by Crippen LogP contribution is -2.40. The summed E-state index contributed by atoms with van der Waals surface area (Å²) in [7, 11) is -0.887. The van der Waals surface area contributed by atoms with Crippen LogP contribution in [-0.4, -0.2) is 53.6 Å². The number of aliphatic imine (C=N–C) groups is 1. The lowest BCUT2D eigenvalue weighted by atomic mass is 10.1. The highest BCUT2D eigenvalue weighted by molar-refractivity contribution is 14.0. The Hall–Kier alpha value is -0.870. The van der Waals surface area contributed by atoms with Gasteiger partial charge in [-0.05, 0) is 53.2 Å². The largest absolute Gasteiger partial charge is 0.491 e. The van der Waals surface area contributed by atoms with Crippen molar-refractivity contribution in [3.63, 3.8) is 0 Å². The number of nitrogens with one attached hydrogen (secondary N) is 2. The monoisotopic (exact) mass is 539 g/mol. The molecule has 1 aromatic carbocycles. The van der Waals surface area contributed by atoms with E-state index in [4.69, 9.17) is 9.47 Å². The van der Waals surface area contributed by atoms with E-state index in [-0.39, 0.29) is 28.7 Å². The molecule has 0 bridgehead atoms. The quantitative estimate of drug-likeness (QED) is 0.195. The number of hydrogen-bond donors (Lipinski definition) is 2. The Morgan fingerprint density at radius 2 is 1.90 bits per heavy atom. The number of nitrogens with zero attached hydrogens (tertiary/aromatic N) is 1. The van der Waals surface area contributed by atoms with Gasteiger partial charge < -0.3 is 20.1 Å². The summed E-state index contributed by atoms with van der Waals surface area (Å²) in [6, 6.07) is 6.14. The molecule has 29 heavy (non-hydrogen) atoms. The van der Waals surface area contributed by atoms with Crippen molar-refractivity contribution in [2.24, 2.45) is 4.99 Å². The summed E-state index contributed by atoms with van der Waals surface area (Å²) >= 11 is 0. The number of halogens is 1. The SMILES string of the molecule is CCNC(=NCc1ccc(C)cc1OCCOCC)NCCS(=O)C(C)(C)C.I. The maximum Gasteiger partial charge on any atom is 0.191 e. The molecule has 6 nitrogen and oxygen atoms in total. The van der Waals surface area contributed by atoms with E-state index in [1.54, 1.807) is 0 Å². The standard InChI is InChI=1S/C21H37N3O3S.HI/c1-7-22-20(23-11-14-28(25)21(4,5)6)24-16-18-10-9-17(3)15-19(18)27-13-12-26-8-2;/h9-10,15H,7-8,11-14,16H2,1-6H3,(H2,22,23,24);1H. The summed E-state index contributed by atoms with van der Waals surface area (Å²) in [4.78, 5) is 4.66. The second-order valence-corrected chi connectivity index (χ2v) is 9.76. The number of hydrogen-bond acceptors (Lipinski definition) is 4. The third-order valence-electron chi connectivity index (χ3n) is 3.93. The first-order chi connectivity index (χ1) is 13.3.